The zero-order valence-corrected chi connectivity index (χ0v) is 18.1. The molecule has 164 valence electrons. The highest BCUT2D eigenvalue weighted by atomic mass is 16.5. The van der Waals surface area contributed by atoms with Gasteiger partial charge in [-0.3, -0.25) is 19.1 Å². The van der Waals surface area contributed by atoms with Crippen LogP contribution in [-0.4, -0.2) is 54.8 Å². The van der Waals surface area contributed by atoms with Crippen LogP contribution in [0.5, 0.6) is 0 Å². The molecule has 3 N–H and O–H groups in total. The molecule has 0 saturated carbocycles. The number of rotatable bonds is 9. The zero-order chi connectivity index (χ0) is 22.4. The number of nitrogens with one attached hydrogen (secondary N) is 1. The number of ether oxygens (including phenoxy) is 1. The first-order valence-electron chi connectivity index (χ1n) is 9.74. The number of hydrogen-bond donors (Lipinski definition) is 2. The van der Waals surface area contributed by atoms with Crippen LogP contribution in [-0.2, 0) is 11.3 Å². The quantitative estimate of drug-likeness (QED) is 0.580. The van der Waals surface area contributed by atoms with Crippen LogP contribution in [0.4, 0.5) is 17.3 Å². The van der Waals surface area contributed by atoms with Crippen molar-refractivity contribution in [2.75, 3.05) is 49.9 Å². The first kappa shape index (κ1) is 23.1. The van der Waals surface area contributed by atoms with Gasteiger partial charge in [-0.1, -0.05) is 13.8 Å². The summed E-state index contributed by atoms with van der Waals surface area (Å²) in [6, 6.07) is 3.22. The van der Waals surface area contributed by atoms with Gasteiger partial charge in [-0.25, -0.2) is 9.78 Å². The standard InChI is InChI=1S/C20H30N6O4/c1-13(2)12-26-17(21)16(18(27)23-20(26)29)25(9-6-10-30-5)19(28)14-7-8-22-15(11-14)24(3)4/h7-8,11,13H,6,9-10,12,21H2,1-5H3,(H,23,27,29). The van der Waals surface area contributed by atoms with E-state index in [0.717, 1.165) is 0 Å². The maximum Gasteiger partial charge on any atom is 0.330 e. The second kappa shape index (κ2) is 10.1. The van der Waals surface area contributed by atoms with Gasteiger partial charge in [0.05, 0.1) is 0 Å². The van der Waals surface area contributed by atoms with Crippen molar-refractivity contribution in [2.24, 2.45) is 5.92 Å². The van der Waals surface area contributed by atoms with E-state index in [2.05, 4.69) is 9.97 Å². The maximum absolute atomic E-state index is 13.4. The van der Waals surface area contributed by atoms with Crippen LogP contribution in [0.25, 0.3) is 0 Å². The summed E-state index contributed by atoms with van der Waals surface area (Å²) >= 11 is 0. The van der Waals surface area contributed by atoms with Crippen molar-refractivity contribution in [2.45, 2.75) is 26.8 Å². The summed E-state index contributed by atoms with van der Waals surface area (Å²) in [7, 11) is 5.19. The second-order valence-corrected chi connectivity index (χ2v) is 7.60. The van der Waals surface area contributed by atoms with E-state index in [-0.39, 0.29) is 24.0 Å². The highest BCUT2D eigenvalue weighted by molar-refractivity contribution is 6.07. The molecular formula is C20H30N6O4. The molecule has 0 atom stereocenters. The predicted molar refractivity (Wildman–Crippen MR) is 117 cm³/mol. The molecule has 0 unspecified atom stereocenters. The number of aromatic nitrogens is 3. The predicted octanol–water partition coefficient (Wildman–Crippen LogP) is 0.919. The minimum Gasteiger partial charge on any atom is -0.385 e. The molecule has 0 aliphatic carbocycles. The number of nitrogens with two attached hydrogens (primary N) is 1. The summed E-state index contributed by atoms with van der Waals surface area (Å²) in [5.74, 6) is 0.266. The van der Waals surface area contributed by atoms with E-state index in [1.165, 1.54) is 15.7 Å². The Morgan fingerprint density at radius 2 is 2.03 bits per heavy atom. The maximum atomic E-state index is 13.4. The van der Waals surface area contributed by atoms with Crippen LogP contribution in [0.1, 0.15) is 30.6 Å². The van der Waals surface area contributed by atoms with E-state index in [1.54, 1.807) is 24.1 Å². The lowest BCUT2D eigenvalue weighted by molar-refractivity contribution is 0.0983. The van der Waals surface area contributed by atoms with E-state index in [0.29, 0.717) is 31.0 Å². The van der Waals surface area contributed by atoms with Gasteiger partial charge >= 0.3 is 5.69 Å². The minimum atomic E-state index is -0.704. The zero-order valence-electron chi connectivity index (χ0n) is 18.1. The number of carbonyl (C=O) groups excluding carboxylic acids is 1. The lowest BCUT2D eigenvalue weighted by Crippen LogP contribution is -2.42. The molecule has 2 aromatic heterocycles. The Morgan fingerprint density at radius 1 is 1.33 bits per heavy atom. The molecule has 0 radical (unpaired) electrons. The third kappa shape index (κ3) is 5.26. The number of nitrogen functional groups attached to an aromatic ring is 1. The number of hydrogen-bond acceptors (Lipinski definition) is 7. The molecule has 30 heavy (non-hydrogen) atoms. The molecule has 10 heteroatoms. The van der Waals surface area contributed by atoms with Gasteiger partial charge in [0.1, 0.15) is 11.6 Å². The van der Waals surface area contributed by atoms with Crippen LogP contribution in [0, 0.1) is 5.92 Å². The fourth-order valence-corrected chi connectivity index (χ4v) is 3.02. The molecule has 1 amide bonds. The number of nitrogens with zero attached hydrogens (tertiary/aromatic N) is 4. The first-order valence-corrected chi connectivity index (χ1v) is 9.74. The highest BCUT2D eigenvalue weighted by Crippen LogP contribution is 2.21. The molecule has 0 spiro atoms. The molecule has 0 aromatic carbocycles. The van der Waals surface area contributed by atoms with Crippen LogP contribution < -0.4 is 26.8 Å². The number of carbonyl (C=O) groups is 1. The summed E-state index contributed by atoms with van der Waals surface area (Å²) in [4.78, 5) is 47.9. The lowest BCUT2D eigenvalue weighted by Gasteiger charge is -2.25. The number of pyridine rings is 1. The van der Waals surface area contributed by atoms with Crippen molar-refractivity contribution in [3.63, 3.8) is 0 Å². The van der Waals surface area contributed by atoms with Gasteiger partial charge in [-0.05, 0) is 24.5 Å². The van der Waals surface area contributed by atoms with Gasteiger partial charge in [-0.2, -0.15) is 0 Å². The van der Waals surface area contributed by atoms with Gasteiger partial charge in [-0.15, -0.1) is 0 Å². The van der Waals surface area contributed by atoms with Crippen LogP contribution >= 0.6 is 0 Å². The van der Waals surface area contributed by atoms with Crippen LogP contribution in [0.15, 0.2) is 27.9 Å². The number of H-pyrrole nitrogens is 1. The average Bonchev–Trinajstić information content (AvgIpc) is 2.69. The fraction of sp³-hybridized carbons (Fsp3) is 0.500. The van der Waals surface area contributed by atoms with E-state index in [1.807, 2.05) is 27.9 Å². The Morgan fingerprint density at radius 3 is 2.63 bits per heavy atom. The van der Waals surface area contributed by atoms with E-state index < -0.39 is 17.2 Å². The van der Waals surface area contributed by atoms with Crippen LogP contribution in [0.3, 0.4) is 0 Å². The van der Waals surface area contributed by atoms with Crippen molar-refractivity contribution < 1.29 is 9.53 Å². The minimum absolute atomic E-state index is 0.0369. The Bertz CT molecular complexity index is 996. The molecule has 0 bridgehead atoms. The summed E-state index contributed by atoms with van der Waals surface area (Å²) < 4.78 is 6.38. The third-order valence-electron chi connectivity index (χ3n) is 4.46. The van der Waals surface area contributed by atoms with Gasteiger partial charge in [0.2, 0.25) is 0 Å². The monoisotopic (exact) mass is 418 g/mol. The normalized spacial score (nSPS) is 11.0. The Kier molecular flexibility index (Phi) is 7.76. The van der Waals surface area contributed by atoms with Gasteiger partial charge in [0.15, 0.2) is 5.69 Å². The first-order chi connectivity index (χ1) is 14.2. The fourth-order valence-electron chi connectivity index (χ4n) is 3.02. The molecule has 0 saturated heterocycles. The van der Waals surface area contributed by atoms with E-state index in [9.17, 15) is 14.4 Å². The largest absolute Gasteiger partial charge is 0.385 e. The SMILES string of the molecule is COCCCN(C(=O)c1ccnc(N(C)C)c1)c1c(N)n(CC(C)C)c(=O)[nH]c1=O. The second-order valence-electron chi connectivity index (χ2n) is 7.60. The van der Waals surface area contributed by atoms with Crippen molar-refractivity contribution >= 4 is 23.2 Å². The number of aromatic amines is 1. The van der Waals surface area contributed by atoms with E-state index in [4.69, 9.17) is 10.5 Å². The number of methoxy groups -OCH3 is 1. The molecular weight excluding hydrogens is 388 g/mol. The van der Waals surface area contributed by atoms with Gasteiger partial charge < -0.3 is 20.3 Å². The highest BCUT2D eigenvalue weighted by Gasteiger charge is 2.25. The van der Waals surface area contributed by atoms with Gasteiger partial charge in [0.25, 0.3) is 11.5 Å². The molecule has 2 rings (SSSR count). The smallest absolute Gasteiger partial charge is 0.330 e. The molecule has 0 aliphatic heterocycles. The molecule has 0 fully saturated rings. The lowest BCUT2D eigenvalue weighted by atomic mass is 10.2. The summed E-state index contributed by atoms with van der Waals surface area (Å²) in [5.41, 5.74) is 5.24. The molecule has 0 aliphatic rings. The Balaban J connectivity index is 2.59. The Labute approximate surface area is 175 Å². The van der Waals surface area contributed by atoms with Crippen molar-refractivity contribution in [1.82, 2.24) is 14.5 Å². The topological polar surface area (TPSA) is 127 Å². The molecule has 2 aromatic rings. The summed E-state index contributed by atoms with van der Waals surface area (Å²) in [6.07, 6.45) is 2.01. The summed E-state index contributed by atoms with van der Waals surface area (Å²) in [6.45, 7) is 4.76. The van der Waals surface area contributed by atoms with Crippen molar-refractivity contribution in [3.05, 3.63) is 44.7 Å². The third-order valence-corrected chi connectivity index (χ3v) is 4.46. The summed E-state index contributed by atoms with van der Waals surface area (Å²) in [5, 5.41) is 0. The van der Waals surface area contributed by atoms with E-state index >= 15 is 0 Å². The Hall–Kier alpha value is -3.14. The van der Waals surface area contributed by atoms with Crippen LogP contribution in [0.2, 0.25) is 0 Å². The average molecular weight is 418 g/mol. The number of amides is 1. The van der Waals surface area contributed by atoms with Crippen molar-refractivity contribution in [3.8, 4) is 0 Å². The number of anilines is 3. The van der Waals surface area contributed by atoms with Gasteiger partial charge in [0, 0.05) is 52.7 Å². The molecule has 2 heterocycles. The van der Waals surface area contributed by atoms with Crippen molar-refractivity contribution in [1.29, 1.82) is 0 Å². The molecule has 10 nitrogen and oxygen atoms in total.